The highest BCUT2D eigenvalue weighted by Gasteiger charge is 2.01. The average molecular weight is 313 g/mol. The van der Waals surface area contributed by atoms with Gasteiger partial charge in [0.05, 0.1) is 0 Å². The van der Waals surface area contributed by atoms with Gasteiger partial charge in [-0.2, -0.15) is 0 Å². The van der Waals surface area contributed by atoms with Gasteiger partial charge in [-0.05, 0) is 72.6 Å². The molecule has 0 fully saturated rings. The van der Waals surface area contributed by atoms with Crippen molar-refractivity contribution in [3.8, 4) is 0 Å². The molecule has 2 aromatic carbocycles. The second-order valence-electron chi connectivity index (χ2n) is 5.19. The lowest BCUT2D eigenvalue weighted by molar-refractivity contribution is 0.628. The molecule has 0 spiro atoms. The van der Waals surface area contributed by atoms with Crippen LogP contribution in [0.1, 0.15) is 11.3 Å². The zero-order valence-electron chi connectivity index (χ0n) is 12.1. The minimum absolute atomic E-state index is 0.264. The number of benzene rings is 2. The van der Waals surface area contributed by atoms with E-state index in [1.54, 1.807) is 12.1 Å². The summed E-state index contributed by atoms with van der Waals surface area (Å²) < 4.78 is 12.8. The highest BCUT2D eigenvalue weighted by Crippen LogP contribution is 2.16. The second kappa shape index (κ2) is 6.15. The van der Waals surface area contributed by atoms with Crippen LogP contribution in [0.4, 0.5) is 10.1 Å². The predicted molar refractivity (Wildman–Crippen MR) is 92.5 cm³/mol. The molecule has 5 heteroatoms. The third-order valence-electron chi connectivity index (χ3n) is 3.37. The zero-order chi connectivity index (χ0) is 15.5. The number of anilines is 1. The predicted octanol–water partition coefficient (Wildman–Crippen LogP) is 4.10. The summed E-state index contributed by atoms with van der Waals surface area (Å²) in [6, 6.07) is 14.5. The molecule has 22 heavy (non-hydrogen) atoms. The molecule has 0 saturated heterocycles. The summed E-state index contributed by atoms with van der Waals surface area (Å²) in [5, 5.41) is 7.88. The Kier molecular flexibility index (Phi) is 4.06. The molecular formula is C17H16FN3S. The van der Waals surface area contributed by atoms with Crippen molar-refractivity contribution in [2.24, 2.45) is 0 Å². The van der Waals surface area contributed by atoms with Gasteiger partial charge in [0.2, 0.25) is 0 Å². The van der Waals surface area contributed by atoms with Crippen LogP contribution in [0.3, 0.4) is 0 Å². The first-order chi connectivity index (χ1) is 10.6. The summed E-state index contributed by atoms with van der Waals surface area (Å²) in [5.41, 5.74) is 4.19. The van der Waals surface area contributed by atoms with Gasteiger partial charge in [-0.3, -0.25) is 0 Å². The van der Waals surface area contributed by atoms with E-state index in [9.17, 15) is 4.39 Å². The van der Waals surface area contributed by atoms with E-state index in [4.69, 9.17) is 12.2 Å². The van der Waals surface area contributed by atoms with Gasteiger partial charge in [-0.25, -0.2) is 4.39 Å². The van der Waals surface area contributed by atoms with Gasteiger partial charge in [0, 0.05) is 23.4 Å². The number of thiocarbonyl (C=S) groups is 1. The number of aromatic nitrogens is 1. The van der Waals surface area contributed by atoms with Crippen LogP contribution in [0.15, 0.2) is 48.5 Å². The normalized spacial score (nSPS) is 10.6. The van der Waals surface area contributed by atoms with E-state index in [1.165, 1.54) is 17.5 Å². The molecule has 0 aliphatic carbocycles. The van der Waals surface area contributed by atoms with Crippen LogP contribution < -0.4 is 10.6 Å². The van der Waals surface area contributed by atoms with Gasteiger partial charge in [0.15, 0.2) is 5.11 Å². The van der Waals surface area contributed by atoms with E-state index in [1.807, 2.05) is 6.92 Å². The topological polar surface area (TPSA) is 39.8 Å². The van der Waals surface area contributed by atoms with Gasteiger partial charge in [0.25, 0.3) is 0 Å². The molecule has 0 saturated carbocycles. The Bertz CT molecular complexity index is 808. The van der Waals surface area contributed by atoms with Crippen LogP contribution in [-0.4, -0.2) is 10.1 Å². The zero-order valence-corrected chi connectivity index (χ0v) is 12.9. The number of rotatable bonds is 3. The average Bonchev–Trinajstić information content (AvgIpc) is 2.87. The Hall–Kier alpha value is -2.40. The van der Waals surface area contributed by atoms with Crippen molar-refractivity contribution >= 4 is 33.9 Å². The summed E-state index contributed by atoms with van der Waals surface area (Å²) in [5.74, 6) is -0.264. The third-order valence-corrected chi connectivity index (χ3v) is 3.62. The van der Waals surface area contributed by atoms with Gasteiger partial charge >= 0.3 is 0 Å². The first-order valence-electron chi connectivity index (χ1n) is 6.99. The minimum atomic E-state index is -0.264. The van der Waals surface area contributed by atoms with E-state index < -0.39 is 0 Å². The molecule has 3 aromatic rings. The molecule has 1 aromatic heterocycles. The molecule has 0 radical (unpaired) electrons. The van der Waals surface area contributed by atoms with E-state index in [0.717, 1.165) is 22.5 Å². The third kappa shape index (κ3) is 3.43. The van der Waals surface area contributed by atoms with E-state index >= 15 is 0 Å². The Morgan fingerprint density at radius 1 is 1.14 bits per heavy atom. The summed E-state index contributed by atoms with van der Waals surface area (Å²) in [7, 11) is 0. The molecule has 3 nitrogen and oxygen atoms in total. The lowest BCUT2D eigenvalue weighted by Crippen LogP contribution is -2.27. The molecule has 112 valence electrons. The quantitative estimate of drug-likeness (QED) is 0.638. The Balaban J connectivity index is 1.60. The maximum atomic E-state index is 12.8. The van der Waals surface area contributed by atoms with Crippen molar-refractivity contribution < 1.29 is 4.39 Å². The van der Waals surface area contributed by atoms with Gasteiger partial charge < -0.3 is 15.6 Å². The first kappa shape index (κ1) is 14.5. The van der Waals surface area contributed by atoms with Gasteiger partial charge in [0.1, 0.15) is 5.82 Å². The van der Waals surface area contributed by atoms with E-state index in [2.05, 4.69) is 39.9 Å². The van der Waals surface area contributed by atoms with Crippen molar-refractivity contribution in [1.29, 1.82) is 0 Å². The highest BCUT2D eigenvalue weighted by molar-refractivity contribution is 7.80. The number of H-pyrrole nitrogens is 1. The molecule has 3 rings (SSSR count). The Morgan fingerprint density at radius 2 is 1.91 bits per heavy atom. The molecule has 0 unspecified atom stereocenters. The maximum absolute atomic E-state index is 12.8. The largest absolute Gasteiger partial charge is 0.359 e. The number of nitrogens with one attached hydrogen (secondary N) is 3. The molecule has 3 N–H and O–H groups in total. The molecule has 1 heterocycles. The summed E-state index contributed by atoms with van der Waals surface area (Å²) in [6.45, 7) is 2.67. The molecule has 0 aliphatic rings. The highest BCUT2D eigenvalue weighted by atomic mass is 32.1. The summed E-state index contributed by atoms with van der Waals surface area (Å²) >= 11 is 5.25. The minimum Gasteiger partial charge on any atom is -0.359 e. The Morgan fingerprint density at radius 3 is 2.68 bits per heavy atom. The van der Waals surface area contributed by atoms with Crippen LogP contribution >= 0.6 is 12.2 Å². The SMILES string of the molecule is Cc1cc2cc(CNC(=S)Nc3ccc(F)cc3)ccc2[nH]1. The standard InChI is InChI=1S/C17H16FN3S/c1-11-8-13-9-12(2-7-16(13)20-11)10-19-17(22)21-15-5-3-14(18)4-6-15/h2-9,20H,10H2,1H3,(H2,19,21,22). The molecule has 0 bridgehead atoms. The van der Waals surface area contributed by atoms with Crippen LogP contribution in [0, 0.1) is 12.7 Å². The fourth-order valence-corrected chi connectivity index (χ4v) is 2.52. The van der Waals surface area contributed by atoms with Crippen molar-refractivity contribution in [1.82, 2.24) is 10.3 Å². The molecule has 0 atom stereocenters. The summed E-state index contributed by atoms with van der Waals surface area (Å²) in [4.78, 5) is 3.30. The first-order valence-corrected chi connectivity index (χ1v) is 7.40. The summed E-state index contributed by atoms with van der Waals surface area (Å²) in [6.07, 6.45) is 0. The van der Waals surface area contributed by atoms with Crippen molar-refractivity contribution in [3.05, 3.63) is 65.6 Å². The number of aryl methyl sites for hydroxylation is 1. The van der Waals surface area contributed by atoms with Gasteiger partial charge in [-0.1, -0.05) is 6.07 Å². The van der Waals surface area contributed by atoms with Crippen LogP contribution in [-0.2, 0) is 6.54 Å². The number of hydrogen-bond donors (Lipinski definition) is 3. The van der Waals surface area contributed by atoms with E-state index in [0.29, 0.717) is 11.7 Å². The fraction of sp³-hybridized carbons (Fsp3) is 0.118. The van der Waals surface area contributed by atoms with Crippen molar-refractivity contribution in [2.45, 2.75) is 13.5 Å². The molecule has 0 aliphatic heterocycles. The smallest absolute Gasteiger partial charge is 0.171 e. The van der Waals surface area contributed by atoms with E-state index in [-0.39, 0.29) is 5.82 Å². The van der Waals surface area contributed by atoms with Crippen LogP contribution in [0.25, 0.3) is 10.9 Å². The Labute approximate surface area is 133 Å². The maximum Gasteiger partial charge on any atom is 0.171 e. The molecule has 0 amide bonds. The number of halogens is 1. The van der Waals surface area contributed by atoms with Crippen molar-refractivity contribution in [2.75, 3.05) is 5.32 Å². The number of hydrogen-bond acceptors (Lipinski definition) is 1. The van der Waals surface area contributed by atoms with Crippen LogP contribution in [0.5, 0.6) is 0 Å². The second-order valence-corrected chi connectivity index (χ2v) is 5.60. The van der Waals surface area contributed by atoms with Crippen LogP contribution in [0.2, 0.25) is 0 Å². The lowest BCUT2D eigenvalue weighted by atomic mass is 10.1. The van der Waals surface area contributed by atoms with Gasteiger partial charge in [-0.15, -0.1) is 0 Å². The fourth-order valence-electron chi connectivity index (χ4n) is 2.33. The van der Waals surface area contributed by atoms with Crippen molar-refractivity contribution in [3.63, 3.8) is 0 Å². The lowest BCUT2D eigenvalue weighted by Gasteiger charge is -2.10. The molecular weight excluding hydrogens is 297 g/mol. The number of fused-ring (bicyclic) bond motifs is 1. The monoisotopic (exact) mass is 313 g/mol. The number of aromatic amines is 1.